The molecule has 0 bridgehead atoms. The van der Waals surface area contributed by atoms with E-state index in [4.69, 9.17) is 5.73 Å². The van der Waals surface area contributed by atoms with Crippen LogP contribution in [0, 0.1) is 0 Å². The molecule has 1 aromatic rings. The van der Waals surface area contributed by atoms with Gasteiger partial charge in [-0.15, -0.1) is 0 Å². The summed E-state index contributed by atoms with van der Waals surface area (Å²) in [7, 11) is 0. The fourth-order valence-corrected chi connectivity index (χ4v) is 3.46. The number of rotatable bonds is 3. The topological polar surface area (TPSA) is 43.1 Å². The molecule has 0 radical (unpaired) electrons. The fraction of sp³-hybridized carbons (Fsp3) is 0.588. The van der Waals surface area contributed by atoms with Gasteiger partial charge in [-0.05, 0) is 37.2 Å². The molecule has 0 saturated heterocycles. The van der Waals surface area contributed by atoms with E-state index < -0.39 is 5.54 Å². The highest BCUT2D eigenvalue weighted by Gasteiger charge is 2.37. The number of hydrogen-bond donors (Lipinski definition) is 1. The van der Waals surface area contributed by atoms with Crippen LogP contribution in [0.2, 0.25) is 0 Å². The molecule has 1 aromatic carbocycles. The largest absolute Gasteiger partial charge is 0.319 e. The summed E-state index contributed by atoms with van der Waals surface area (Å²) >= 11 is 0. The minimum Gasteiger partial charge on any atom is -0.319 e. The predicted octanol–water partition coefficient (Wildman–Crippen LogP) is 3.80. The lowest BCUT2D eigenvalue weighted by atomic mass is 9.73. The van der Waals surface area contributed by atoms with E-state index in [-0.39, 0.29) is 5.78 Å². The first-order valence-electron chi connectivity index (χ1n) is 7.63. The lowest BCUT2D eigenvalue weighted by molar-refractivity contribution is 0.0845. The average Bonchev–Trinajstić information content (AvgIpc) is 2.37. The molecule has 2 aliphatic rings. The maximum Gasteiger partial charge on any atom is 0.182 e. The maximum absolute atomic E-state index is 12.9. The Kier molecular flexibility index (Phi) is 3.44. The summed E-state index contributed by atoms with van der Waals surface area (Å²) < 4.78 is 0. The second kappa shape index (κ2) is 5.09. The van der Waals surface area contributed by atoms with Crippen LogP contribution in [0.3, 0.4) is 0 Å². The number of benzene rings is 1. The summed E-state index contributed by atoms with van der Waals surface area (Å²) in [5.41, 5.74) is 7.96. The second-order valence-electron chi connectivity index (χ2n) is 6.26. The number of carbonyl (C=O) groups excluding carboxylic acids is 1. The van der Waals surface area contributed by atoms with Crippen LogP contribution in [-0.2, 0) is 0 Å². The Balaban J connectivity index is 1.90. The van der Waals surface area contributed by atoms with Crippen LogP contribution in [0.15, 0.2) is 24.3 Å². The summed E-state index contributed by atoms with van der Waals surface area (Å²) in [4.78, 5) is 12.9. The molecule has 0 aromatic heterocycles. The Labute approximate surface area is 115 Å². The third-order valence-corrected chi connectivity index (χ3v) is 4.95. The fourth-order valence-electron chi connectivity index (χ4n) is 3.46. The standard InChI is InChI=1S/C17H23NO/c18-17(11-4-1-5-12-17)16(19)15-10-3-2-9-14(15)13-7-6-8-13/h2-3,9-10,13H,1,4-8,11-12,18H2. The van der Waals surface area contributed by atoms with Crippen molar-refractivity contribution in [1.82, 2.24) is 0 Å². The smallest absolute Gasteiger partial charge is 0.182 e. The van der Waals surface area contributed by atoms with Crippen molar-refractivity contribution in [3.05, 3.63) is 35.4 Å². The van der Waals surface area contributed by atoms with Crippen molar-refractivity contribution >= 4 is 5.78 Å². The molecule has 2 fully saturated rings. The zero-order chi connectivity index (χ0) is 13.3. The molecule has 0 atom stereocenters. The SMILES string of the molecule is NC1(C(=O)c2ccccc2C2CCC2)CCCCC1. The van der Waals surface area contributed by atoms with E-state index in [0.29, 0.717) is 5.92 Å². The van der Waals surface area contributed by atoms with Crippen LogP contribution in [0.1, 0.15) is 73.2 Å². The van der Waals surface area contributed by atoms with E-state index in [9.17, 15) is 4.79 Å². The van der Waals surface area contributed by atoms with Crippen molar-refractivity contribution in [1.29, 1.82) is 0 Å². The van der Waals surface area contributed by atoms with E-state index in [2.05, 4.69) is 12.1 Å². The summed E-state index contributed by atoms with van der Waals surface area (Å²) in [6, 6.07) is 8.14. The molecular formula is C17H23NO. The van der Waals surface area contributed by atoms with E-state index >= 15 is 0 Å². The Hall–Kier alpha value is -1.15. The van der Waals surface area contributed by atoms with Crippen LogP contribution < -0.4 is 5.73 Å². The number of nitrogens with two attached hydrogens (primary N) is 1. The van der Waals surface area contributed by atoms with Gasteiger partial charge in [0.2, 0.25) is 0 Å². The summed E-state index contributed by atoms with van der Waals surface area (Å²) in [5.74, 6) is 0.780. The number of Topliss-reactive ketones (excluding diaryl/α,β-unsaturated/α-hetero) is 1. The van der Waals surface area contributed by atoms with Crippen LogP contribution in [-0.4, -0.2) is 11.3 Å². The van der Waals surface area contributed by atoms with Gasteiger partial charge in [-0.3, -0.25) is 4.79 Å². The molecular weight excluding hydrogens is 234 g/mol. The van der Waals surface area contributed by atoms with Crippen LogP contribution in [0.4, 0.5) is 0 Å². The first-order valence-corrected chi connectivity index (χ1v) is 7.63. The third-order valence-electron chi connectivity index (χ3n) is 4.95. The predicted molar refractivity (Wildman–Crippen MR) is 77.4 cm³/mol. The Bertz CT molecular complexity index is 470. The number of hydrogen-bond acceptors (Lipinski definition) is 2. The highest BCUT2D eigenvalue weighted by atomic mass is 16.1. The Morgan fingerprint density at radius 3 is 2.37 bits per heavy atom. The van der Waals surface area contributed by atoms with Crippen molar-refractivity contribution in [2.24, 2.45) is 5.73 Å². The van der Waals surface area contributed by atoms with Crippen LogP contribution in [0.25, 0.3) is 0 Å². The first kappa shape index (κ1) is 12.9. The van der Waals surface area contributed by atoms with Gasteiger partial charge in [0, 0.05) is 5.56 Å². The average molecular weight is 257 g/mol. The zero-order valence-electron chi connectivity index (χ0n) is 11.5. The molecule has 2 saturated carbocycles. The first-order chi connectivity index (χ1) is 9.21. The van der Waals surface area contributed by atoms with Gasteiger partial charge in [-0.1, -0.05) is 49.9 Å². The van der Waals surface area contributed by atoms with E-state index in [0.717, 1.165) is 31.2 Å². The van der Waals surface area contributed by atoms with Gasteiger partial charge in [0.1, 0.15) is 0 Å². The van der Waals surface area contributed by atoms with Gasteiger partial charge in [0.05, 0.1) is 5.54 Å². The highest BCUT2D eigenvalue weighted by Crippen LogP contribution is 2.39. The Morgan fingerprint density at radius 2 is 1.74 bits per heavy atom. The number of ketones is 1. The van der Waals surface area contributed by atoms with Crippen molar-refractivity contribution in [3.63, 3.8) is 0 Å². The van der Waals surface area contributed by atoms with Gasteiger partial charge >= 0.3 is 0 Å². The molecule has 19 heavy (non-hydrogen) atoms. The van der Waals surface area contributed by atoms with E-state index in [1.807, 2.05) is 12.1 Å². The normalized spacial score (nSPS) is 22.8. The molecule has 0 heterocycles. The minimum absolute atomic E-state index is 0.190. The summed E-state index contributed by atoms with van der Waals surface area (Å²) in [6.07, 6.45) is 8.85. The molecule has 0 amide bonds. The molecule has 102 valence electrons. The van der Waals surface area contributed by atoms with Gasteiger partial charge in [0.25, 0.3) is 0 Å². The van der Waals surface area contributed by atoms with Crippen LogP contribution >= 0.6 is 0 Å². The van der Waals surface area contributed by atoms with Gasteiger partial charge in [-0.2, -0.15) is 0 Å². The van der Waals surface area contributed by atoms with E-state index in [1.165, 1.54) is 31.2 Å². The zero-order valence-corrected chi connectivity index (χ0v) is 11.5. The molecule has 2 aliphatic carbocycles. The minimum atomic E-state index is -0.599. The highest BCUT2D eigenvalue weighted by molar-refractivity contribution is 6.04. The third kappa shape index (κ3) is 2.34. The van der Waals surface area contributed by atoms with Crippen molar-refractivity contribution in [2.75, 3.05) is 0 Å². The van der Waals surface area contributed by atoms with Crippen molar-refractivity contribution in [2.45, 2.75) is 62.8 Å². The Morgan fingerprint density at radius 1 is 1.05 bits per heavy atom. The van der Waals surface area contributed by atoms with Gasteiger partial charge in [0.15, 0.2) is 5.78 Å². The van der Waals surface area contributed by atoms with Gasteiger partial charge < -0.3 is 5.73 Å². The van der Waals surface area contributed by atoms with Crippen molar-refractivity contribution < 1.29 is 4.79 Å². The molecule has 2 nitrogen and oxygen atoms in total. The lowest BCUT2D eigenvalue weighted by Crippen LogP contribution is -2.49. The molecule has 0 aliphatic heterocycles. The van der Waals surface area contributed by atoms with E-state index in [1.54, 1.807) is 0 Å². The molecule has 0 spiro atoms. The quantitative estimate of drug-likeness (QED) is 0.837. The monoisotopic (exact) mass is 257 g/mol. The molecule has 3 rings (SSSR count). The maximum atomic E-state index is 12.9. The van der Waals surface area contributed by atoms with Gasteiger partial charge in [-0.25, -0.2) is 0 Å². The molecule has 0 unspecified atom stereocenters. The summed E-state index contributed by atoms with van der Waals surface area (Å²) in [5, 5.41) is 0. The summed E-state index contributed by atoms with van der Waals surface area (Å²) in [6.45, 7) is 0. The lowest BCUT2D eigenvalue weighted by Gasteiger charge is -2.34. The number of carbonyl (C=O) groups is 1. The van der Waals surface area contributed by atoms with Crippen LogP contribution in [0.5, 0.6) is 0 Å². The van der Waals surface area contributed by atoms with Crippen molar-refractivity contribution in [3.8, 4) is 0 Å². The second-order valence-corrected chi connectivity index (χ2v) is 6.26. The molecule has 2 N–H and O–H groups in total. The molecule has 2 heteroatoms.